The van der Waals surface area contributed by atoms with Crippen LogP contribution >= 0.6 is 0 Å². The summed E-state index contributed by atoms with van der Waals surface area (Å²) in [7, 11) is 0. The predicted octanol–water partition coefficient (Wildman–Crippen LogP) is 4.13. The number of hydrogen-bond donors (Lipinski definition) is 1. The molecule has 1 aliphatic rings. The summed E-state index contributed by atoms with van der Waals surface area (Å²) in [5.74, 6) is 1.43. The van der Waals surface area contributed by atoms with Crippen LogP contribution in [0.15, 0.2) is 54.6 Å². The van der Waals surface area contributed by atoms with E-state index in [1.54, 1.807) is 4.90 Å². The van der Waals surface area contributed by atoms with Crippen molar-refractivity contribution in [3.8, 4) is 11.5 Å². The smallest absolute Gasteiger partial charge is 0.243 e. The average molecular weight is 380 g/mol. The fraction of sp³-hybridized carbons (Fsp3) is 0.391. The van der Waals surface area contributed by atoms with Gasteiger partial charge >= 0.3 is 0 Å². The van der Waals surface area contributed by atoms with E-state index in [9.17, 15) is 9.59 Å². The van der Waals surface area contributed by atoms with Gasteiger partial charge in [-0.15, -0.1) is 0 Å². The van der Waals surface area contributed by atoms with E-state index in [1.807, 2.05) is 75.4 Å². The van der Waals surface area contributed by atoms with Gasteiger partial charge in [-0.25, -0.2) is 0 Å². The molecule has 5 heteroatoms. The molecule has 0 bridgehead atoms. The van der Waals surface area contributed by atoms with Gasteiger partial charge in [0.1, 0.15) is 17.5 Å². The highest BCUT2D eigenvalue weighted by Crippen LogP contribution is 2.26. The van der Waals surface area contributed by atoms with E-state index < -0.39 is 5.41 Å². The normalized spacial score (nSPS) is 16.7. The van der Waals surface area contributed by atoms with E-state index in [1.165, 1.54) is 0 Å². The molecule has 0 spiro atoms. The standard InChI is InChI=1S/C23H28N2O3/c1-23(2,3)22(27)25-14-8-13-20(25)21(26)24-16-17-9-7-12-19(15-17)28-18-10-5-4-6-11-18/h4-7,9-12,15,20H,8,13-14,16H2,1-3H3,(H,24,26). The highest BCUT2D eigenvalue weighted by Gasteiger charge is 2.38. The van der Waals surface area contributed by atoms with Gasteiger partial charge in [0.05, 0.1) is 0 Å². The minimum Gasteiger partial charge on any atom is -0.457 e. The molecule has 3 rings (SSSR count). The molecule has 0 aliphatic carbocycles. The number of likely N-dealkylation sites (tertiary alicyclic amines) is 1. The van der Waals surface area contributed by atoms with Crippen molar-refractivity contribution in [2.24, 2.45) is 5.41 Å². The molecule has 2 aromatic rings. The number of benzene rings is 2. The third-order valence-electron chi connectivity index (χ3n) is 4.80. The fourth-order valence-corrected chi connectivity index (χ4v) is 3.36. The Morgan fingerprint density at radius 3 is 2.50 bits per heavy atom. The molecule has 2 amide bonds. The number of carbonyl (C=O) groups excluding carboxylic acids is 2. The zero-order valence-corrected chi connectivity index (χ0v) is 16.8. The first-order valence-electron chi connectivity index (χ1n) is 9.75. The van der Waals surface area contributed by atoms with Gasteiger partial charge in [-0.3, -0.25) is 9.59 Å². The Morgan fingerprint density at radius 2 is 1.79 bits per heavy atom. The van der Waals surface area contributed by atoms with Crippen LogP contribution in [-0.4, -0.2) is 29.3 Å². The molecule has 1 heterocycles. The van der Waals surface area contributed by atoms with Crippen molar-refractivity contribution in [3.05, 3.63) is 60.2 Å². The molecular formula is C23H28N2O3. The molecule has 1 unspecified atom stereocenters. The molecule has 0 radical (unpaired) electrons. The van der Waals surface area contributed by atoms with E-state index in [-0.39, 0.29) is 17.9 Å². The fourth-order valence-electron chi connectivity index (χ4n) is 3.36. The first-order valence-corrected chi connectivity index (χ1v) is 9.75. The predicted molar refractivity (Wildman–Crippen MR) is 109 cm³/mol. The molecule has 1 fully saturated rings. The first-order chi connectivity index (χ1) is 13.3. The molecule has 148 valence electrons. The van der Waals surface area contributed by atoms with Gasteiger partial charge in [-0.2, -0.15) is 0 Å². The van der Waals surface area contributed by atoms with Crippen LogP contribution < -0.4 is 10.1 Å². The second kappa shape index (κ2) is 8.46. The Hall–Kier alpha value is -2.82. The van der Waals surface area contributed by atoms with Gasteiger partial charge in [-0.05, 0) is 42.7 Å². The minimum atomic E-state index is -0.480. The highest BCUT2D eigenvalue weighted by atomic mass is 16.5. The summed E-state index contributed by atoms with van der Waals surface area (Å²) in [4.78, 5) is 27.0. The Kier molecular flexibility index (Phi) is 6.02. The second-order valence-corrected chi connectivity index (χ2v) is 8.19. The largest absolute Gasteiger partial charge is 0.457 e. The Labute approximate surface area is 166 Å². The van der Waals surface area contributed by atoms with Crippen LogP contribution in [0.1, 0.15) is 39.2 Å². The van der Waals surface area contributed by atoms with Crippen molar-refractivity contribution in [3.63, 3.8) is 0 Å². The van der Waals surface area contributed by atoms with Gasteiger partial charge in [0, 0.05) is 18.5 Å². The van der Waals surface area contributed by atoms with Crippen molar-refractivity contribution in [2.45, 2.75) is 46.2 Å². The van der Waals surface area contributed by atoms with E-state index >= 15 is 0 Å². The van der Waals surface area contributed by atoms with Crippen molar-refractivity contribution in [2.75, 3.05) is 6.54 Å². The zero-order chi connectivity index (χ0) is 20.1. The van der Waals surface area contributed by atoms with Crippen molar-refractivity contribution < 1.29 is 14.3 Å². The van der Waals surface area contributed by atoms with Crippen molar-refractivity contribution in [1.82, 2.24) is 10.2 Å². The van der Waals surface area contributed by atoms with E-state index in [0.29, 0.717) is 19.5 Å². The van der Waals surface area contributed by atoms with Crippen molar-refractivity contribution >= 4 is 11.8 Å². The summed E-state index contributed by atoms with van der Waals surface area (Å²) in [6.07, 6.45) is 1.57. The molecule has 28 heavy (non-hydrogen) atoms. The molecule has 1 aliphatic heterocycles. The summed E-state index contributed by atoms with van der Waals surface area (Å²) in [6, 6.07) is 16.9. The summed E-state index contributed by atoms with van der Waals surface area (Å²) in [5.41, 5.74) is 0.472. The maximum atomic E-state index is 12.7. The number of rotatable bonds is 5. The lowest BCUT2D eigenvalue weighted by atomic mass is 9.94. The minimum absolute atomic E-state index is 0.0309. The summed E-state index contributed by atoms with van der Waals surface area (Å²) in [5, 5.41) is 2.98. The summed E-state index contributed by atoms with van der Waals surface area (Å²) < 4.78 is 5.85. The monoisotopic (exact) mass is 380 g/mol. The quantitative estimate of drug-likeness (QED) is 0.848. The lowest BCUT2D eigenvalue weighted by molar-refractivity contribution is -0.144. The van der Waals surface area contributed by atoms with Crippen LogP contribution in [0.4, 0.5) is 0 Å². The van der Waals surface area contributed by atoms with Gasteiger partial charge in [-0.1, -0.05) is 51.1 Å². The molecule has 1 atom stereocenters. The highest BCUT2D eigenvalue weighted by molar-refractivity contribution is 5.90. The number of nitrogens with one attached hydrogen (secondary N) is 1. The Morgan fingerprint density at radius 1 is 1.07 bits per heavy atom. The number of hydrogen-bond acceptors (Lipinski definition) is 3. The molecule has 5 nitrogen and oxygen atoms in total. The maximum absolute atomic E-state index is 12.7. The maximum Gasteiger partial charge on any atom is 0.243 e. The Balaban J connectivity index is 1.60. The van der Waals surface area contributed by atoms with Crippen LogP contribution in [-0.2, 0) is 16.1 Å². The van der Waals surface area contributed by atoms with E-state index in [4.69, 9.17) is 4.74 Å². The van der Waals surface area contributed by atoms with Gasteiger partial charge in [0.25, 0.3) is 0 Å². The Bertz CT molecular complexity index is 827. The van der Waals surface area contributed by atoms with Crippen LogP contribution in [0.25, 0.3) is 0 Å². The number of ether oxygens (including phenoxy) is 1. The van der Waals surface area contributed by atoms with Gasteiger partial charge in [0.2, 0.25) is 11.8 Å². The number of amides is 2. The molecule has 0 saturated carbocycles. The van der Waals surface area contributed by atoms with Crippen LogP contribution in [0.5, 0.6) is 11.5 Å². The lowest BCUT2D eigenvalue weighted by Crippen LogP contribution is -2.49. The van der Waals surface area contributed by atoms with Gasteiger partial charge < -0.3 is 15.0 Å². The number of para-hydroxylation sites is 1. The van der Waals surface area contributed by atoms with Crippen LogP contribution in [0.2, 0.25) is 0 Å². The summed E-state index contributed by atoms with van der Waals surface area (Å²) >= 11 is 0. The van der Waals surface area contributed by atoms with E-state index in [0.717, 1.165) is 23.5 Å². The number of nitrogens with zero attached hydrogens (tertiary/aromatic N) is 1. The summed E-state index contributed by atoms with van der Waals surface area (Å²) in [6.45, 7) is 6.72. The van der Waals surface area contributed by atoms with Gasteiger partial charge in [0.15, 0.2) is 0 Å². The molecule has 0 aromatic heterocycles. The molecule has 1 N–H and O–H groups in total. The third-order valence-corrected chi connectivity index (χ3v) is 4.80. The zero-order valence-electron chi connectivity index (χ0n) is 16.8. The second-order valence-electron chi connectivity index (χ2n) is 8.19. The number of carbonyl (C=O) groups is 2. The topological polar surface area (TPSA) is 58.6 Å². The average Bonchev–Trinajstić information content (AvgIpc) is 3.15. The van der Waals surface area contributed by atoms with E-state index in [2.05, 4.69) is 5.32 Å². The van der Waals surface area contributed by atoms with Crippen LogP contribution in [0, 0.1) is 5.41 Å². The lowest BCUT2D eigenvalue weighted by Gasteiger charge is -2.30. The molecule has 2 aromatic carbocycles. The molecular weight excluding hydrogens is 352 g/mol. The SMILES string of the molecule is CC(C)(C)C(=O)N1CCCC1C(=O)NCc1cccc(Oc2ccccc2)c1. The molecule has 1 saturated heterocycles. The van der Waals surface area contributed by atoms with Crippen LogP contribution in [0.3, 0.4) is 0 Å². The van der Waals surface area contributed by atoms with Crippen molar-refractivity contribution in [1.29, 1.82) is 0 Å². The first kappa shape index (κ1) is 19.9. The third kappa shape index (κ3) is 4.91.